The Morgan fingerprint density at radius 3 is 2.71 bits per heavy atom. The van der Waals surface area contributed by atoms with E-state index in [9.17, 15) is 4.79 Å². The van der Waals surface area contributed by atoms with Gasteiger partial charge in [-0.2, -0.15) is 0 Å². The lowest BCUT2D eigenvalue weighted by molar-refractivity contribution is -0.148. The second-order valence-electron chi connectivity index (χ2n) is 8.62. The number of aromatic nitrogens is 3. The number of benzene rings is 1. The lowest BCUT2D eigenvalue weighted by Gasteiger charge is -2.22. The van der Waals surface area contributed by atoms with E-state index in [1.165, 1.54) is 6.07 Å². The number of hydrogen-bond acceptors (Lipinski definition) is 6. The molecule has 0 amide bonds. The van der Waals surface area contributed by atoms with E-state index in [1.54, 1.807) is 17.8 Å². The molecule has 0 N–H and O–H groups in total. The van der Waals surface area contributed by atoms with Gasteiger partial charge in [0.15, 0.2) is 5.79 Å². The van der Waals surface area contributed by atoms with Gasteiger partial charge >= 0.3 is 0 Å². The number of hydrogen-bond donors (Lipinski definition) is 0. The average Bonchev–Trinajstić information content (AvgIpc) is 3.19. The highest BCUT2D eigenvalue weighted by atomic mass is 16.8. The predicted molar refractivity (Wildman–Crippen MR) is 116 cm³/mol. The van der Waals surface area contributed by atoms with Crippen molar-refractivity contribution in [3.63, 3.8) is 0 Å². The van der Waals surface area contributed by atoms with Gasteiger partial charge in [0.2, 0.25) is 0 Å². The van der Waals surface area contributed by atoms with Crippen LogP contribution in [0.2, 0.25) is 0 Å². The maximum Gasteiger partial charge on any atom is 0.254 e. The Kier molecular flexibility index (Phi) is 4.68. The lowest BCUT2D eigenvalue weighted by Crippen LogP contribution is -2.34. The van der Waals surface area contributed by atoms with Crippen molar-refractivity contribution in [2.75, 3.05) is 6.61 Å². The van der Waals surface area contributed by atoms with Crippen LogP contribution in [0.1, 0.15) is 31.3 Å². The van der Waals surface area contributed by atoms with Crippen molar-refractivity contribution in [3.8, 4) is 5.75 Å². The molecule has 1 aliphatic heterocycles. The van der Waals surface area contributed by atoms with Crippen LogP contribution in [0.4, 0.5) is 0 Å². The Labute approximate surface area is 180 Å². The highest BCUT2D eigenvalue weighted by molar-refractivity contribution is 5.80. The predicted octanol–water partition coefficient (Wildman–Crippen LogP) is 3.49. The standard InChI is InChI=1S/C24H25N3O4/c1-14-5-6-16-7-8-18(11-19(16)26-14)29-12-17-10-20(23-22(17)30-24(3,4)31-23)27-13-25-15(2)9-21(27)28/h5-11,13,20,22-23H,12H2,1-4H3/t20-,22-,23+/m1/s1. The molecule has 2 aromatic heterocycles. The molecule has 1 aromatic carbocycles. The molecule has 0 bridgehead atoms. The second kappa shape index (κ2) is 7.28. The Balaban J connectivity index is 1.42. The molecule has 7 nitrogen and oxygen atoms in total. The Bertz CT molecular complexity index is 1250. The zero-order valence-corrected chi connectivity index (χ0v) is 18.0. The minimum absolute atomic E-state index is 0.112. The van der Waals surface area contributed by atoms with Crippen LogP contribution in [-0.4, -0.2) is 39.1 Å². The average molecular weight is 419 g/mol. The van der Waals surface area contributed by atoms with Gasteiger partial charge in [0.1, 0.15) is 24.6 Å². The maximum absolute atomic E-state index is 12.6. The monoisotopic (exact) mass is 419 g/mol. The largest absolute Gasteiger partial charge is 0.489 e. The summed E-state index contributed by atoms with van der Waals surface area (Å²) in [5, 5.41) is 1.07. The normalized spacial score (nSPS) is 24.3. The van der Waals surface area contributed by atoms with Gasteiger partial charge in [-0.3, -0.25) is 14.3 Å². The highest BCUT2D eigenvalue weighted by Crippen LogP contribution is 2.43. The van der Waals surface area contributed by atoms with E-state index >= 15 is 0 Å². The molecule has 0 spiro atoms. The quantitative estimate of drug-likeness (QED) is 0.603. The van der Waals surface area contributed by atoms with Gasteiger partial charge in [-0.05, 0) is 51.5 Å². The zero-order chi connectivity index (χ0) is 21.8. The van der Waals surface area contributed by atoms with E-state index < -0.39 is 5.79 Å². The van der Waals surface area contributed by atoms with E-state index in [0.717, 1.165) is 27.9 Å². The summed E-state index contributed by atoms with van der Waals surface area (Å²) in [7, 11) is 0. The molecule has 7 heteroatoms. The van der Waals surface area contributed by atoms with Crippen LogP contribution in [0.25, 0.3) is 10.9 Å². The number of nitrogens with zero attached hydrogens (tertiary/aromatic N) is 3. The fourth-order valence-electron chi connectivity index (χ4n) is 4.28. The van der Waals surface area contributed by atoms with Gasteiger partial charge in [0.05, 0.1) is 17.9 Å². The first kappa shape index (κ1) is 19.9. The summed E-state index contributed by atoms with van der Waals surface area (Å²) >= 11 is 0. The number of aryl methyl sites for hydroxylation is 2. The van der Waals surface area contributed by atoms with Crippen LogP contribution in [0.15, 0.2) is 59.2 Å². The van der Waals surface area contributed by atoms with Crippen molar-refractivity contribution in [3.05, 3.63) is 76.1 Å². The molecular formula is C24H25N3O4. The molecule has 1 saturated heterocycles. The summed E-state index contributed by atoms with van der Waals surface area (Å²) in [5.41, 5.74) is 3.38. The molecule has 1 fully saturated rings. The molecule has 3 atom stereocenters. The zero-order valence-electron chi connectivity index (χ0n) is 18.0. The highest BCUT2D eigenvalue weighted by Gasteiger charge is 2.50. The summed E-state index contributed by atoms with van der Waals surface area (Å²) in [4.78, 5) is 21.4. The van der Waals surface area contributed by atoms with E-state index in [-0.39, 0.29) is 23.8 Å². The minimum atomic E-state index is -0.737. The first-order valence-corrected chi connectivity index (χ1v) is 10.4. The molecule has 160 valence electrons. The summed E-state index contributed by atoms with van der Waals surface area (Å²) in [5.74, 6) is -0.00184. The van der Waals surface area contributed by atoms with Crippen LogP contribution in [0.5, 0.6) is 5.75 Å². The summed E-state index contributed by atoms with van der Waals surface area (Å²) < 4.78 is 20.0. The first-order chi connectivity index (χ1) is 14.8. The lowest BCUT2D eigenvalue weighted by atomic mass is 10.1. The van der Waals surface area contributed by atoms with Gasteiger partial charge in [-0.25, -0.2) is 4.98 Å². The number of ether oxygens (including phenoxy) is 3. The van der Waals surface area contributed by atoms with E-state index in [0.29, 0.717) is 12.3 Å². The van der Waals surface area contributed by atoms with Crippen molar-refractivity contribution in [1.29, 1.82) is 0 Å². The fourth-order valence-corrected chi connectivity index (χ4v) is 4.28. The van der Waals surface area contributed by atoms with Crippen LogP contribution >= 0.6 is 0 Å². The Hall–Kier alpha value is -3.03. The molecular weight excluding hydrogens is 394 g/mol. The first-order valence-electron chi connectivity index (χ1n) is 10.4. The van der Waals surface area contributed by atoms with Crippen molar-refractivity contribution < 1.29 is 14.2 Å². The van der Waals surface area contributed by atoms with E-state index in [2.05, 4.69) is 16.0 Å². The van der Waals surface area contributed by atoms with Gasteiger partial charge < -0.3 is 14.2 Å². The summed E-state index contributed by atoms with van der Waals surface area (Å²) in [6, 6.07) is 11.2. The molecule has 3 aromatic rings. The fraction of sp³-hybridized carbons (Fsp3) is 0.375. The van der Waals surface area contributed by atoms with Crippen molar-refractivity contribution >= 4 is 10.9 Å². The van der Waals surface area contributed by atoms with Gasteiger partial charge in [-0.1, -0.05) is 12.1 Å². The molecule has 5 rings (SSSR count). The summed E-state index contributed by atoms with van der Waals surface area (Å²) in [6.07, 6.45) is 2.99. The van der Waals surface area contributed by atoms with Crippen molar-refractivity contribution in [1.82, 2.24) is 14.5 Å². The van der Waals surface area contributed by atoms with E-state index in [4.69, 9.17) is 14.2 Å². The number of pyridine rings is 1. The molecule has 1 aliphatic carbocycles. The topological polar surface area (TPSA) is 75.5 Å². The third kappa shape index (κ3) is 3.75. The third-order valence-electron chi connectivity index (χ3n) is 5.72. The SMILES string of the molecule is Cc1cc(=O)n([C@@H]2C=C(COc3ccc4ccc(C)nc4c3)[C@H]3OC(C)(C)O[C@H]32)cn1. The van der Waals surface area contributed by atoms with Gasteiger partial charge in [0.25, 0.3) is 5.56 Å². The Morgan fingerprint density at radius 1 is 1.10 bits per heavy atom. The molecule has 0 radical (unpaired) electrons. The van der Waals surface area contributed by atoms with Gasteiger partial charge in [-0.15, -0.1) is 0 Å². The smallest absolute Gasteiger partial charge is 0.254 e. The van der Waals surface area contributed by atoms with Crippen molar-refractivity contribution in [2.45, 2.75) is 51.7 Å². The van der Waals surface area contributed by atoms with Crippen LogP contribution in [0.3, 0.4) is 0 Å². The van der Waals surface area contributed by atoms with Crippen LogP contribution < -0.4 is 10.3 Å². The number of rotatable bonds is 4. The summed E-state index contributed by atoms with van der Waals surface area (Å²) in [6.45, 7) is 7.87. The minimum Gasteiger partial charge on any atom is -0.489 e. The molecule has 0 unspecified atom stereocenters. The van der Waals surface area contributed by atoms with Crippen LogP contribution in [0, 0.1) is 13.8 Å². The van der Waals surface area contributed by atoms with Crippen molar-refractivity contribution in [2.24, 2.45) is 0 Å². The molecule has 2 aliphatic rings. The molecule has 0 saturated carbocycles. The Morgan fingerprint density at radius 2 is 1.90 bits per heavy atom. The van der Waals surface area contributed by atoms with Crippen LogP contribution in [-0.2, 0) is 9.47 Å². The second-order valence-corrected chi connectivity index (χ2v) is 8.62. The molecule has 31 heavy (non-hydrogen) atoms. The van der Waals surface area contributed by atoms with Gasteiger partial charge in [0, 0.05) is 28.9 Å². The molecule has 3 heterocycles. The maximum atomic E-state index is 12.6. The number of fused-ring (bicyclic) bond motifs is 2. The van der Waals surface area contributed by atoms with E-state index in [1.807, 2.05) is 51.1 Å². The third-order valence-corrected chi connectivity index (χ3v) is 5.72.